The van der Waals surface area contributed by atoms with Gasteiger partial charge in [0, 0.05) is 55.8 Å². The third kappa shape index (κ3) is 22.8. The summed E-state index contributed by atoms with van der Waals surface area (Å²) in [6.45, 7) is 40.0. The lowest BCUT2D eigenvalue weighted by molar-refractivity contribution is -0.157. The maximum absolute atomic E-state index is 15.7. The van der Waals surface area contributed by atoms with Crippen molar-refractivity contribution in [1.29, 1.82) is 0 Å². The van der Waals surface area contributed by atoms with Crippen LogP contribution in [0.5, 0.6) is 0 Å². The molecule has 1 aliphatic rings. The van der Waals surface area contributed by atoms with Crippen LogP contribution >= 0.6 is 0 Å². The second kappa shape index (κ2) is 36.8. The highest BCUT2D eigenvalue weighted by molar-refractivity contribution is 6.74. The number of rotatable bonds is 18. The number of amides is 11. The van der Waals surface area contributed by atoms with Crippen molar-refractivity contribution >= 4 is 79.6 Å². The summed E-state index contributed by atoms with van der Waals surface area (Å²) in [5, 5.41) is 10.8. The SMILES string of the molecule is CC[C@@H]1C(=O)N(C)[C@@H](CC(C)C)C(=O)N[C@H](C(C)C)C(=O)N(C)[C@H](CC(C)C)C(=O)N[C@H](C)C(=O)N[C@H](C)C(=O)N(C)[C@H](CC(C)C)C(=O)N(C)[C@H](CC(C)C)C(=O)N(C)C(C(C)C)C(=O)N(C)[C@H]([C@@H](O[Si](C)(C)C(C)(C)C)[C@H](C)CC=O)C(=O)N[C@H](CC)C(=O)N1C. The Labute approximate surface area is 559 Å². The molecule has 0 bridgehead atoms. The van der Waals surface area contributed by atoms with Gasteiger partial charge in [0.2, 0.25) is 65.0 Å². The Hall–Kier alpha value is -5.98. The first kappa shape index (κ1) is 85.0. The first-order valence-corrected chi connectivity index (χ1v) is 36.7. The predicted molar refractivity (Wildman–Crippen MR) is 365 cm³/mol. The second-order valence-electron chi connectivity index (χ2n) is 30.2. The van der Waals surface area contributed by atoms with E-state index in [-0.39, 0.29) is 68.6 Å². The highest BCUT2D eigenvalue weighted by Crippen LogP contribution is 2.40. The topological polar surface area (TPSA) is 285 Å². The predicted octanol–water partition coefficient (Wildman–Crippen LogP) is 5.70. The number of likely N-dealkylation sites (N-methyl/N-ethyl adjacent to an activating group) is 7. The molecule has 0 aromatic carbocycles. The molecule has 4 N–H and O–H groups in total. The molecule has 0 spiro atoms. The van der Waals surface area contributed by atoms with Crippen LogP contribution < -0.4 is 21.3 Å². The van der Waals surface area contributed by atoms with E-state index in [0.29, 0.717) is 6.29 Å². The van der Waals surface area contributed by atoms with Crippen molar-refractivity contribution in [3.05, 3.63) is 0 Å². The Morgan fingerprint density at radius 1 is 0.430 bits per heavy atom. The maximum Gasteiger partial charge on any atom is 0.246 e. The Balaban J connectivity index is 4.62. The minimum atomic E-state index is -2.90. The van der Waals surface area contributed by atoms with Gasteiger partial charge in [-0.25, -0.2) is 0 Å². The molecule has 24 nitrogen and oxygen atoms in total. The molecule has 11 amide bonds. The average molecular weight is 1330 g/mol. The Morgan fingerprint density at radius 2 is 0.806 bits per heavy atom. The minimum Gasteiger partial charge on any atom is -0.411 e. The van der Waals surface area contributed by atoms with Gasteiger partial charge in [0.25, 0.3) is 0 Å². The number of carbonyl (C=O) groups excluding carboxylic acids is 12. The van der Waals surface area contributed by atoms with Crippen LogP contribution in [0.4, 0.5) is 0 Å². The molecule has 1 rings (SSSR count). The molecule has 534 valence electrons. The summed E-state index contributed by atoms with van der Waals surface area (Å²) in [6, 6.07) is -13.6. The second-order valence-corrected chi connectivity index (χ2v) is 34.9. The summed E-state index contributed by atoms with van der Waals surface area (Å²) in [4.78, 5) is 186. The van der Waals surface area contributed by atoms with Gasteiger partial charge in [0.15, 0.2) is 8.32 Å². The molecule has 1 heterocycles. The van der Waals surface area contributed by atoms with Gasteiger partial charge in [0.1, 0.15) is 72.7 Å². The van der Waals surface area contributed by atoms with Gasteiger partial charge in [-0.05, 0) is 112 Å². The van der Waals surface area contributed by atoms with Crippen molar-refractivity contribution in [3.8, 4) is 0 Å². The van der Waals surface area contributed by atoms with Gasteiger partial charge in [-0.1, -0.05) is 125 Å². The number of nitrogens with one attached hydrogen (secondary N) is 4. The molecule has 13 atom stereocenters. The summed E-state index contributed by atoms with van der Waals surface area (Å²) in [6.07, 6.45) is 0.154. The molecule has 25 heteroatoms. The van der Waals surface area contributed by atoms with E-state index in [4.69, 9.17) is 4.43 Å². The van der Waals surface area contributed by atoms with Crippen molar-refractivity contribution in [1.82, 2.24) is 55.6 Å². The molecule has 93 heavy (non-hydrogen) atoms. The van der Waals surface area contributed by atoms with Crippen LogP contribution in [0.2, 0.25) is 18.1 Å². The van der Waals surface area contributed by atoms with Crippen LogP contribution in [0.15, 0.2) is 0 Å². The van der Waals surface area contributed by atoms with E-state index in [1.54, 1.807) is 48.5 Å². The molecule has 0 radical (unpaired) electrons. The maximum atomic E-state index is 15.7. The molecule has 0 aromatic heterocycles. The Bertz CT molecular complexity index is 2570. The summed E-state index contributed by atoms with van der Waals surface area (Å²) < 4.78 is 7.12. The average Bonchev–Trinajstić information content (AvgIpc) is 0.797. The fourth-order valence-electron chi connectivity index (χ4n) is 11.7. The van der Waals surface area contributed by atoms with Crippen molar-refractivity contribution in [2.45, 2.75) is 274 Å². The van der Waals surface area contributed by atoms with Gasteiger partial charge in [-0.15, -0.1) is 0 Å². The van der Waals surface area contributed by atoms with E-state index < -0.39 is 169 Å². The first-order valence-electron chi connectivity index (χ1n) is 33.8. The zero-order chi connectivity index (χ0) is 72.6. The fraction of sp³-hybridized carbons (Fsp3) is 0.824. The van der Waals surface area contributed by atoms with Crippen molar-refractivity contribution in [2.24, 2.45) is 41.4 Å². The lowest BCUT2D eigenvalue weighted by Crippen LogP contribution is -2.65. The molecule has 1 unspecified atom stereocenters. The summed E-state index contributed by atoms with van der Waals surface area (Å²) in [7, 11) is 7.25. The molecular weight excluding hydrogens is 1210 g/mol. The summed E-state index contributed by atoms with van der Waals surface area (Å²) in [5.41, 5.74) is 0. The minimum absolute atomic E-state index is 0.0128. The quantitative estimate of drug-likeness (QED) is 0.0948. The molecule has 0 aliphatic carbocycles. The van der Waals surface area contributed by atoms with Gasteiger partial charge >= 0.3 is 0 Å². The molecule has 1 aliphatic heterocycles. The van der Waals surface area contributed by atoms with E-state index in [2.05, 4.69) is 21.3 Å². The first-order chi connectivity index (χ1) is 42.6. The zero-order valence-electron chi connectivity index (χ0n) is 62.4. The van der Waals surface area contributed by atoms with Gasteiger partial charge in [0.05, 0.1) is 6.10 Å². The Kier molecular flexibility index (Phi) is 33.6. The van der Waals surface area contributed by atoms with Gasteiger partial charge < -0.3 is 64.8 Å². The Morgan fingerprint density at radius 3 is 1.22 bits per heavy atom. The lowest BCUT2D eigenvalue weighted by Gasteiger charge is -2.46. The zero-order valence-corrected chi connectivity index (χ0v) is 63.4. The van der Waals surface area contributed by atoms with Crippen molar-refractivity contribution in [2.75, 3.05) is 49.3 Å². The van der Waals surface area contributed by atoms with Crippen LogP contribution in [0.25, 0.3) is 0 Å². The van der Waals surface area contributed by atoms with E-state index in [1.165, 1.54) is 97.5 Å². The highest BCUT2D eigenvalue weighted by atomic mass is 28.4. The smallest absolute Gasteiger partial charge is 0.246 e. The van der Waals surface area contributed by atoms with Gasteiger partial charge in [-0.2, -0.15) is 0 Å². The van der Waals surface area contributed by atoms with Crippen molar-refractivity contribution in [3.63, 3.8) is 0 Å². The van der Waals surface area contributed by atoms with Crippen LogP contribution in [0, 0.1) is 41.4 Å². The van der Waals surface area contributed by atoms with E-state index in [9.17, 15) is 33.6 Å². The molecule has 0 aromatic rings. The van der Waals surface area contributed by atoms with Gasteiger partial charge in [-0.3, -0.25) is 52.7 Å². The molecule has 1 fully saturated rings. The van der Waals surface area contributed by atoms with E-state index in [1.807, 2.05) is 89.3 Å². The number of aldehydes is 1. The lowest BCUT2D eigenvalue weighted by atomic mass is 9.91. The van der Waals surface area contributed by atoms with E-state index >= 15 is 24.0 Å². The summed E-state index contributed by atoms with van der Waals surface area (Å²) in [5.74, 6) is -9.73. The van der Waals surface area contributed by atoms with Crippen LogP contribution in [-0.2, 0) is 62.0 Å². The van der Waals surface area contributed by atoms with Crippen LogP contribution in [0.1, 0.15) is 183 Å². The third-order valence-electron chi connectivity index (χ3n) is 18.7. The standard InChI is InChI=1S/C68H125N11O13Si/c1-30-47-62(86)73(21)48(31-2)63(87)74(22)50(35-39(5)6)59(83)72-53(42(11)12)66(90)75(23)49(34-38(3)4)58(82)69-45(16)57(81)70-46(17)61(85)76(24)51(36-40(7)8)64(88)77(25)52(37-41(9)10)65(89)78(26)54(43(13)14)67(91)79(27)55(60(84)71-47)56(44(15)32-33-80)92-93(28,29)68(18,19)20/h33,38-56H,30-32,34-37H2,1-29H3,(H,69,82)(H,70,81)(H,71,84)(H,72,83)/t44-,45-,46-,47-,48-,49-,50+,51-,52-,53-,54?,55-,56+/m1/s1. The normalized spacial score (nSPS) is 26.7. The fourth-order valence-corrected chi connectivity index (χ4v) is 13.1. The summed E-state index contributed by atoms with van der Waals surface area (Å²) >= 11 is 0. The molecule has 1 saturated heterocycles. The highest BCUT2D eigenvalue weighted by Gasteiger charge is 2.50. The van der Waals surface area contributed by atoms with Crippen molar-refractivity contribution < 1.29 is 62.0 Å². The van der Waals surface area contributed by atoms with E-state index in [0.717, 1.165) is 0 Å². The number of hydrogen-bond acceptors (Lipinski definition) is 13. The molecular formula is C68H125N11O13Si. The number of carbonyl (C=O) groups is 12. The number of nitrogens with zero attached hydrogens (tertiary/aromatic N) is 7. The molecule has 0 saturated carbocycles. The van der Waals surface area contributed by atoms with Crippen LogP contribution in [-0.4, -0.2) is 236 Å². The monoisotopic (exact) mass is 1330 g/mol. The number of hydrogen-bond donors (Lipinski definition) is 4. The largest absolute Gasteiger partial charge is 0.411 e. The third-order valence-corrected chi connectivity index (χ3v) is 23.2. The van der Waals surface area contributed by atoms with Crippen LogP contribution in [0.3, 0.4) is 0 Å².